The Morgan fingerprint density at radius 1 is 1.33 bits per heavy atom. The highest BCUT2D eigenvalue weighted by atomic mass is 32.1. The predicted octanol–water partition coefficient (Wildman–Crippen LogP) is 1.94. The van der Waals surface area contributed by atoms with Gasteiger partial charge in [-0.15, -0.1) is 0 Å². The standard InChI is InChI=1S/C11H13NO2S/c13-10(9-3-6-15-8-9)7-11(14)12-4-1-2-5-12/h3,6,8H,1-2,4-5,7H2. The number of likely N-dealkylation sites (tertiary alicyclic amines) is 1. The van der Waals surface area contributed by atoms with E-state index < -0.39 is 0 Å². The van der Waals surface area contributed by atoms with Crippen molar-refractivity contribution in [3.63, 3.8) is 0 Å². The van der Waals surface area contributed by atoms with Gasteiger partial charge in [0.15, 0.2) is 5.78 Å². The van der Waals surface area contributed by atoms with Crippen molar-refractivity contribution in [3.05, 3.63) is 22.4 Å². The minimum atomic E-state index is -0.0619. The zero-order chi connectivity index (χ0) is 10.7. The van der Waals surface area contributed by atoms with Crippen LogP contribution in [0.15, 0.2) is 16.8 Å². The third-order valence-electron chi connectivity index (χ3n) is 2.61. The number of carbonyl (C=O) groups excluding carboxylic acids is 2. The Morgan fingerprint density at radius 3 is 2.67 bits per heavy atom. The molecule has 3 nitrogen and oxygen atoms in total. The smallest absolute Gasteiger partial charge is 0.230 e. The topological polar surface area (TPSA) is 37.4 Å². The quantitative estimate of drug-likeness (QED) is 0.580. The van der Waals surface area contributed by atoms with E-state index in [9.17, 15) is 9.59 Å². The Bertz CT molecular complexity index is 353. The normalized spacial score (nSPS) is 15.6. The predicted molar refractivity (Wildman–Crippen MR) is 59.1 cm³/mol. The minimum absolute atomic E-state index is 0.0244. The van der Waals surface area contributed by atoms with Gasteiger partial charge in [-0.2, -0.15) is 11.3 Å². The molecule has 2 heterocycles. The monoisotopic (exact) mass is 223 g/mol. The van der Waals surface area contributed by atoms with Crippen molar-refractivity contribution < 1.29 is 9.59 Å². The maximum atomic E-state index is 11.7. The SMILES string of the molecule is O=C(CC(=O)N1CCCC1)c1ccsc1. The van der Waals surface area contributed by atoms with E-state index in [0.29, 0.717) is 5.56 Å². The van der Waals surface area contributed by atoms with Crippen LogP contribution in [0.1, 0.15) is 29.6 Å². The fourth-order valence-electron chi connectivity index (χ4n) is 1.74. The summed E-state index contributed by atoms with van der Waals surface area (Å²) in [6.45, 7) is 1.63. The molecule has 1 aliphatic rings. The molecular weight excluding hydrogens is 210 g/mol. The fourth-order valence-corrected chi connectivity index (χ4v) is 2.40. The van der Waals surface area contributed by atoms with Crippen LogP contribution in [0.25, 0.3) is 0 Å². The third-order valence-corrected chi connectivity index (χ3v) is 3.30. The summed E-state index contributed by atoms with van der Waals surface area (Å²) in [6, 6.07) is 1.77. The zero-order valence-electron chi connectivity index (χ0n) is 8.44. The molecule has 1 aromatic rings. The molecule has 0 atom stereocenters. The Balaban J connectivity index is 1.91. The lowest BCUT2D eigenvalue weighted by Gasteiger charge is -2.13. The first-order valence-corrected chi connectivity index (χ1v) is 6.05. The van der Waals surface area contributed by atoms with Crippen LogP contribution in [0, 0.1) is 0 Å². The summed E-state index contributed by atoms with van der Waals surface area (Å²) in [5.74, 6) is -0.0862. The number of nitrogens with zero attached hydrogens (tertiary/aromatic N) is 1. The zero-order valence-corrected chi connectivity index (χ0v) is 9.26. The van der Waals surface area contributed by atoms with Gasteiger partial charge < -0.3 is 4.90 Å². The second-order valence-corrected chi connectivity index (χ2v) is 4.48. The molecule has 0 unspecified atom stereocenters. The van der Waals surface area contributed by atoms with Crippen molar-refractivity contribution in [3.8, 4) is 0 Å². The van der Waals surface area contributed by atoms with Gasteiger partial charge in [0, 0.05) is 24.0 Å². The molecule has 1 aliphatic heterocycles. The van der Waals surface area contributed by atoms with Gasteiger partial charge in [0.1, 0.15) is 0 Å². The highest BCUT2D eigenvalue weighted by molar-refractivity contribution is 7.08. The summed E-state index contributed by atoms with van der Waals surface area (Å²) in [5, 5.41) is 3.65. The van der Waals surface area contributed by atoms with Crippen molar-refractivity contribution in [1.29, 1.82) is 0 Å². The van der Waals surface area contributed by atoms with Gasteiger partial charge in [-0.05, 0) is 24.3 Å². The van der Waals surface area contributed by atoms with Gasteiger partial charge in [-0.1, -0.05) is 0 Å². The Kier molecular flexibility index (Phi) is 3.16. The molecule has 15 heavy (non-hydrogen) atoms. The summed E-state index contributed by atoms with van der Waals surface area (Å²) in [4.78, 5) is 25.1. The molecule has 2 rings (SSSR count). The average Bonchev–Trinajstić information content (AvgIpc) is 2.91. The summed E-state index contributed by atoms with van der Waals surface area (Å²) >= 11 is 1.48. The summed E-state index contributed by atoms with van der Waals surface area (Å²) < 4.78 is 0. The highest BCUT2D eigenvalue weighted by Crippen LogP contribution is 2.13. The highest BCUT2D eigenvalue weighted by Gasteiger charge is 2.20. The van der Waals surface area contributed by atoms with E-state index in [1.165, 1.54) is 11.3 Å². The largest absolute Gasteiger partial charge is 0.342 e. The van der Waals surface area contributed by atoms with Crippen molar-refractivity contribution in [2.24, 2.45) is 0 Å². The van der Waals surface area contributed by atoms with Crippen LogP contribution < -0.4 is 0 Å². The van der Waals surface area contributed by atoms with Gasteiger partial charge in [0.2, 0.25) is 5.91 Å². The molecule has 0 spiro atoms. The molecule has 0 bridgehead atoms. The van der Waals surface area contributed by atoms with E-state index in [1.54, 1.807) is 16.3 Å². The molecule has 0 saturated carbocycles. The number of amides is 1. The first kappa shape index (κ1) is 10.4. The van der Waals surface area contributed by atoms with Crippen molar-refractivity contribution in [1.82, 2.24) is 4.90 Å². The molecule has 1 aromatic heterocycles. The maximum absolute atomic E-state index is 11.7. The number of rotatable bonds is 3. The lowest BCUT2D eigenvalue weighted by atomic mass is 10.1. The molecule has 1 amide bonds. The first-order chi connectivity index (χ1) is 7.27. The first-order valence-electron chi connectivity index (χ1n) is 5.10. The van der Waals surface area contributed by atoms with Gasteiger partial charge in [-0.3, -0.25) is 9.59 Å². The number of thiophene rings is 1. The summed E-state index contributed by atoms with van der Waals surface area (Å²) in [5.41, 5.74) is 0.660. The molecule has 1 saturated heterocycles. The molecule has 0 radical (unpaired) electrons. The Hall–Kier alpha value is -1.16. The molecule has 0 aliphatic carbocycles. The van der Waals surface area contributed by atoms with Crippen LogP contribution in [0.2, 0.25) is 0 Å². The summed E-state index contributed by atoms with van der Waals surface area (Å²) in [7, 11) is 0. The average molecular weight is 223 g/mol. The van der Waals surface area contributed by atoms with Crippen molar-refractivity contribution in [2.75, 3.05) is 13.1 Å². The Morgan fingerprint density at radius 2 is 2.07 bits per heavy atom. The third kappa shape index (κ3) is 2.45. The van der Waals surface area contributed by atoms with E-state index in [4.69, 9.17) is 0 Å². The van der Waals surface area contributed by atoms with Crippen LogP contribution in [0.4, 0.5) is 0 Å². The van der Waals surface area contributed by atoms with Crippen LogP contribution in [0.3, 0.4) is 0 Å². The number of hydrogen-bond donors (Lipinski definition) is 0. The Labute approximate surface area is 92.7 Å². The van der Waals surface area contributed by atoms with Crippen LogP contribution in [0.5, 0.6) is 0 Å². The second-order valence-electron chi connectivity index (χ2n) is 3.70. The molecule has 0 N–H and O–H groups in total. The molecular formula is C11H13NO2S. The van der Waals surface area contributed by atoms with Crippen LogP contribution in [-0.2, 0) is 4.79 Å². The van der Waals surface area contributed by atoms with Gasteiger partial charge in [-0.25, -0.2) is 0 Å². The number of hydrogen-bond acceptors (Lipinski definition) is 3. The minimum Gasteiger partial charge on any atom is -0.342 e. The molecule has 4 heteroatoms. The molecule has 1 fully saturated rings. The molecule has 0 aromatic carbocycles. The van der Waals surface area contributed by atoms with Crippen LogP contribution in [-0.4, -0.2) is 29.7 Å². The van der Waals surface area contributed by atoms with E-state index in [0.717, 1.165) is 25.9 Å². The van der Waals surface area contributed by atoms with Gasteiger partial charge >= 0.3 is 0 Å². The van der Waals surface area contributed by atoms with Gasteiger partial charge in [0.05, 0.1) is 6.42 Å². The second kappa shape index (κ2) is 4.57. The fraction of sp³-hybridized carbons (Fsp3) is 0.455. The van der Waals surface area contributed by atoms with Crippen LogP contribution >= 0.6 is 11.3 Å². The van der Waals surface area contributed by atoms with E-state index in [2.05, 4.69) is 0 Å². The number of carbonyl (C=O) groups is 2. The number of ketones is 1. The van der Waals surface area contributed by atoms with Crippen molar-refractivity contribution in [2.45, 2.75) is 19.3 Å². The lowest BCUT2D eigenvalue weighted by Crippen LogP contribution is -2.29. The maximum Gasteiger partial charge on any atom is 0.230 e. The molecule has 80 valence electrons. The van der Waals surface area contributed by atoms with Gasteiger partial charge in [0.25, 0.3) is 0 Å². The van der Waals surface area contributed by atoms with E-state index in [1.807, 2.05) is 5.38 Å². The number of Topliss-reactive ketones (excluding diaryl/α,β-unsaturated/α-hetero) is 1. The van der Waals surface area contributed by atoms with E-state index in [-0.39, 0.29) is 18.1 Å². The summed E-state index contributed by atoms with van der Waals surface area (Å²) in [6.07, 6.45) is 2.16. The van der Waals surface area contributed by atoms with Crippen molar-refractivity contribution >= 4 is 23.0 Å². The van der Waals surface area contributed by atoms with E-state index >= 15 is 0 Å². The lowest BCUT2D eigenvalue weighted by molar-refractivity contribution is -0.129.